The fourth-order valence-corrected chi connectivity index (χ4v) is 4.01. The fourth-order valence-electron chi connectivity index (χ4n) is 3.13. The van der Waals surface area contributed by atoms with Gasteiger partial charge in [0, 0.05) is 6.26 Å². The van der Waals surface area contributed by atoms with Gasteiger partial charge in [0.1, 0.15) is 0 Å². The lowest BCUT2D eigenvalue weighted by Crippen LogP contribution is -2.14. The Kier molecular flexibility index (Phi) is 4.85. The zero-order chi connectivity index (χ0) is 20.4. The summed E-state index contributed by atoms with van der Waals surface area (Å²) in [5, 5.41) is 12.3. The molecule has 0 fully saturated rings. The van der Waals surface area contributed by atoms with Gasteiger partial charge in [-0.2, -0.15) is 0 Å². The molecule has 0 aliphatic heterocycles. The molecule has 4 rings (SSSR count). The van der Waals surface area contributed by atoms with Gasteiger partial charge in [0.2, 0.25) is 5.91 Å². The number of anilines is 1. The SMILES string of the molecule is CS(=O)(=O)c1ccccc1-c1nnc(NC(=O)Cc2cccc3ccccc23)o1. The summed E-state index contributed by atoms with van der Waals surface area (Å²) in [4.78, 5) is 12.5. The average molecular weight is 407 g/mol. The number of hydrogen-bond acceptors (Lipinski definition) is 6. The van der Waals surface area contributed by atoms with Crippen molar-refractivity contribution in [3.63, 3.8) is 0 Å². The number of benzene rings is 3. The van der Waals surface area contributed by atoms with Crippen molar-refractivity contribution in [2.45, 2.75) is 11.3 Å². The monoisotopic (exact) mass is 407 g/mol. The van der Waals surface area contributed by atoms with E-state index in [9.17, 15) is 13.2 Å². The van der Waals surface area contributed by atoms with Gasteiger partial charge in [0.05, 0.1) is 16.9 Å². The summed E-state index contributed by atoms with van der Waals surface area (Å²) in [6.07, 6.45) is 1.24. The number of amides is 1. The summed E-state index contributed by atoms with van der Waals surface area (Å²) in [6.45, 7) is 0. The van der Waals surface area contributed by atoms with Gasteiger partial charge in [0.15, 0.2) is 9.84 Å². The van der Waals surface area contributed by atoms with Crippen LogP contribution in [0.4, 0.5) is 6.01 Å². The molecule has 4 aromatic rings. The van der Waals surface area contributed by atoms with Crippen LogP contribution in [0.2, 0.25) is 0 Å². The first kappa shape index (κ1) is 18.8. The maximum atomic E-state index is 12.5. The van der Waals surface area contributed by atoms with E-state index in [0.29, 0.717) is 0 Å². The van der Waals surface area contributed by atoms with Crippen LogP contribution in [0.3, 0.4) is 0 Å². The predicted octanol–water partition coefficient (Wildman–Crippen LogP) is 3.47. The molecule has 0 unspecified atom stereocenters. The van der Waals surface area contributed by atoms with Crippen molar-refractivity contribution in [2.24, 2.45) is 0 Å². The number of rotatable bonds is 5. The standard InChI is InChI=1S/C21H17N3O4S/c1-29(26,27)18-12-5-4-11-17(18)20-23-24-21(28-20)22-19(25)13-15-9-6-8-14-7-2-3-10-16(14)15/h2-12H,13H2,1H3,(H,22,24,25). The number of carbonyl (C=O) groups is 1. The lowest BCUT2D eigenvalue weighted by Gasteiger charge is -2.06. The van der Waals surface area contributed by atoms with E-state index in [-0.39, 0.29) is 34.7 Å². The van der Waals surface area contributed by atoms with Crippen molar-refractivity contribution in [1.82, 2.24) is 10.2 Å². The number of hydrogen-bond donors (Lipinski definition) is 1. The number of aromatic nitrogens is 2. The Balaban J connectivity index is 1.55. The molecule has 0 spiro atoms. The van der Waals surface area contributed by atoms with E-state index in [1.54, 1.807) is 18.2 Å². The summed E-state index contributed by atoms with van der Waals surface area (Å²) in [5.41, 5.74) is 1.17. The smallest absolute Gasteiger partial charge is 0.322 e. The predicted molar refractivity (Wildman–Crippen MR) is 109 cm³/mol. The van der Waals surface area contributed by atoms with Gasteiger partial charge in [-0.1, -0.05) is 59.7 Å². The lowest BCUT2D eigenvalue weighted by atomic mass is 10.0. The molecular formula is C21H17N3O4S. The highest BCUT2D eigenvalue weighted by atomic mass is 32.2. The Morgan fingerprint density at radius 1 is 0.966 bits per heavy atom. The minimum Gasteiger partial charge on any atom is -0.403 e. The number of fused-ring (bicyclic) bond motifs is 1. The van der Waals surface area contributed by atoms with E-state index in [1.807, 2.05) is 42.5 Å². The Morgan fingerprint density at radius 3 is 2.52 bits per heavy atom. The maximum absolute atomic E-state index is 12.5. The zero-order valence-electron chi connectivity index (χ0n) is 15.5. The molecule has 0 atom stereocenters. The molecule has 1 amide bonds. The third-order valence-electron chi connectivity index (χ3n) is 4.42. The quantitative estimate of drug-likeness (QED) is 0.543. The van der Waals surface area contributed by atoms with Crippen molar-refractivity contribution >= 4 is 32.5 Å². The van der Waals surface area contributed by atoms with Crippen molar-refractivity contribution in [3.8, 4) is 11.5 Å². The minimum absolute atomic E-state index is 0.0199. The second-order valence-electron chi connectivity index (χ2n) is 6.54. The highest BCUT2D eigenvalue weighted by Crippen LogP contribution is 2.27. The highest BCUT2D eigenvalue weighted by molar-refractivity contribution is 7.90. The van der Waals surface area contributed by atoms with Crippen LogP contribution < -0.4 is 5.32 Å². The van der Waals surface area contributed by atoms with Crippen LogP contribution in [0, 0.1) is 0 Å². The summed E-state index contributed by atoms with van der Waals surface area (Å²) in [5.74, 6) is -0.292. The van der Waals surface area contributed by atoms with Crippen molar-refractivity contribution in [2.75, 3.05) is 11.6 Å². The maximum Gasteiger partial charge on any atom is 0.322 e. The van der Waals surface area contributed by atoms with Crippen LogP contribution in [0.5, 0.6) is 0 Å². The lowest BCUT2D eigenvalue weighted by molar-refractivity contribution is -0.115. The van der Waals surface area contributed by atoms with Crippen LogP contribution in [0.25, 0.3) is 22.2 Å². The van der Waals surface area contributed by atoms with E-state index >= 15 is 0 Å². The van der Waals surface area contributed by atoms with Gasteiger partial charge in [-0.05, 0) is 28.5 Å². The Bertz CT molecular complexity index is 1310. The number of nitrogens with zero attached hydrogens (tertiary/aromatic N) is 2. The van der Waals surface area contributed by atoms with Crippen molar-refractivity contribution in [3.05, 3.63) is 72.3 Å². The second-order valence-corrected chi connectivity index (χ2v) is 8.53. The summed E-state index contributed by atoms with van der Waals surface area (Å²) in [7, 11) is -3.47. The van der Waals surface area contributed by atoms with Crippen LogP contribution in [-0.2, 0) is 21.1 Å². The normalized spacial score (nSPS) is 11.5. The molecule has 0 aliphatic rings. The molecule has 0 bridgehead atoms. The fraction of sp³-hybridized carbons (Fsp3) is 0.0952. The molecule has 0 aliphatic carbocycles. The van der Waals surface area contributed by atoms with Gasteiger partial charge >= 0.3 is 6.01 Å². The number of nitrogens with one attached hydrogen (secondary N) is 1. The first-order chi connectivity index (χ1) is 13.9. The Morgan fingerprint density at radius 2 is 1.69 bits per heavy atom. The second kappa shape index (κ2) is 7.48. The molecule has 3 aromatic carbocycles. The third kappa shape index (κ3) is 4.02. The molecule has 0 radical (unpaired) electrons. The van der Waals surface area contributed by atoms with Crippen LogP contribution in [0.15, 0.2) is 76.0 Å². The molecule has 29 heavy (non-hydrogen) atoms. The van der Waals surface area contributed by atoms with E-state index in [4.69, 9.17) is 4.42 Å². The largest absolute Gasteiger partial charge is 0.403 e. The summed E-state index contributed by atoms with van der Waals surface area (Å²) >= 11 is 0. The first-order valence-electron chi connectivity index (χ1n) is 8.81. The molecule has 7 nitrogen and oxygen atoms in total. The number of carbonyl (C=O) groups excluding carboxylic acids is 1. The molecule has 8 heteroatoms. The molecular weight excluding hydrogens is 390 g/mol. The number of sulfone groups is 1. The van der Waals surface area contributed by atoms with Crippen LogP contribution in [0.1, 0.15) is 5.56 Å². The van der Waals surface area contributed by atoms with E-state index in [0.717, 1.165) is 22.6 Å². The van der Waals surface area contributed by atoms with Gasteiger partial charge in [-0.25, -0.2) is 8.42 Å². The average Bonchev–Trinajstić information content (AvgIpc) is 3.16. The van der Waals surface area contributed by atoms with E-state index < -0.39 is 9.84 Å². The molecule has 1 heterocycles. The molecule has 1 N–H and O–H groups in total. The molecule has 1 aromatic heterocycles. The zero-order valence-corrected chi connectivity index (χ0v) is 16.3. The minimum atomic E-state index is -3.47. The Labute approximate surface area is 167 Å². The van der Waals surface area contributed by atoms with E-state index in [2.05, 4.69) is 15.5 Å². The summed E-state index contributed by atoms with van der Waals surface area (Å²) < 4.78 is 29.4. The molecule has 0 saturated carbocycles. The molecule has 146 valence electrons. The van der Waals surface area contributed by atoms with Gasteiger partial charge in [-0.3, -0.25) is 10.1 Å². The van der Waals surface area contributed by atoms with Crippen LogP contribution >= 0.6 is 0 Å². The van der Waals surface area contributed by atoms with Crippen molar-refractivity contribution < 1.29 is 17.6 Å². The van der Waals surface area contributed by atoms with Gasteiger partial charge in [0.25, 0.3) is 5.89 Å². The van der Waals surface area contributed by atoms with E-state index in [1.165, 1.54) is 6.07 Å². The van der Waals surface area contributed by atoms with Gasteiger partial charge in [-0.15, -0.1) is 5.10 Å². The first-order valence-corrected chi connectivity index (χ1v) is 10.7. The van der Waals surface area contributed by atoms with Gasteiger partial charge < -0.3 is 4.42 Å². The highest BCUT2D eigenvalue weighted by Gasteiger charge is 2.19. The molecule has 0 saturated heterocycles. The summed E-state index contributed by atoms with van der Waals surface area (Å²) in [6, 6.07) is 19.8. The Hall–Kier alpha value is -3.52. The van der Waals surface area contributed by atoms with Crippen molar-refractivity contribution in [1.29, 1.82) is 0 Å². The van der Waals surface area contributed by atoms with Crippen LogP contribution in [-0.4, -0.2) is 30.8 Å². The third-order valence-corrected chi connectivity index (χ3v) is 5.57. The topological polar surface area (TPSA) is 102 Å².